The molecule has 0 unspecified atom stereocenters. The van der Waals surface area contributed by atoms with Gasteiger partial charge in [-0.1, -0.05) is 49.6 Å². The molecule has 0 radical (unpaired) electrons. The average molecular weight is 544 g/mol. The molecule has 1 fully saturated rings. The Morgan fingerprint density at radius 2 is 1.87 bits per heavy atom. The molecule has 4 aromatic rings. The molecular formula is C31H33N3O4S. The van der Waals surface area contributed by atoms with Crippen LogP contribution in [0.5, 0.6) is 0 Å². The van der Waals surface area contributed by atoms with Gasteiger partial charge in [0.05, 0.1) is 18.6 Å². The lowest BCUT2D eigenvalue weighted by atomic mass is 9.95. The van der Waals surface area contributed by atoms with Crippen LogP contribution in [-0.2, 0) is 20.7 Å². The quantitative estimate of drug-likeness (QED) is 0.247. The number of nitrogens with one attached hydrogen (secondary N) is 2. The van der Waals surface area contributed by atoms with E-state index >= 15 is 0 Å². The Morgan fingerprint density at radius 1 is 1.05 bits per heavy atom. The van der Waals surface area contributed by atoms with Crippen LogP contribution in [0.2, 0.25) is 0 Å². The zero-order chi connectivity index (χ0) is 27.2. The average Bonchev–Trinajstić information content (AvgIpc) is 3.63. The molecule has 2 amide bonds. The normalized spacial score (nSPS) is 14.6. The summed E-state index contributed by atoms with van der Waals surface area (Å²) in [4.78, 5) is 46.3. The lowest BCUT2D eigenvalue weighted by molar-refractivity contribution is -0.127. The number of amides is 2. The number of rotatable bonds is 9. The topological polar surface area (TPSA) is 91.5 Å². The lowest BCUT2D eigenvalue weighted by Gasteiger charge is -2.33. The third-order valence-corrected chi connectivity index (χ3v) is 8.12. The van der Waals surface area contributed by atoms with Crippen LogP contribution in [0, 0.1) is 0 Å². The minimum absolute atomic E-state index is 0.0881. The maximum atomic E-state index is 14.2. The van der Waals surface area contributed by atoms with Gasteiger partial charge in [-0.25, -0.2) is 4.79 Å². The van der Waals surface area contributed by atoms with Crippen molar-refractivity contribution in [3.63, 3.8) is 0 Å². The number of aromatic nitrogens is 1. The van der Waals surface area contributed by atoms with Crippen molar-refractivity contribution in [2.24, 2.45) is 0 Å². The second-order valence-corrected chi connectivity index (χ2v) is 10.8. The number of carbonyl (C=O) groups excluding carboxylic acids is 3. The molecular weight excluding hydrogens is 510 g/mol. The van der Waals surface area contributed by atoms with E-state index in [0.29, 0.717) is 11.3 Å². The Labute approximate surface area is 232 Å². The van der Waals surface area contributed by atoms with Gasteiger partial charge in [-0.05, 0) is 61.0 Å². The van der Waals surface area contributed by atoms with Gasteiger partial charge in [0.2, 0.25) is 11.8 Å². The molecule has 8 heteroatoms. The summed E-state index contributed by atoms with van der Waals surface area (Å²) in [6, 6.07) is 17.6. The molecule has 0 spiro atoms. The van der Waals surface area contributed by atoms with Gasteiger partial charge in [0.1, 0.15) is 6.04 Å². The molecule has 2 aromatic carbocycles. The molecule has 39 heavy (non-hydrogen) atoms. The monoisotopic (exact) mass is 543 g/mol. The predicted molar refractivity (Wildman–Crippen MR) is 154 cm³/mol. The summed E-state index contributed by atoms with van der Waals surface area (Å²) in [5.41, 5.74) is 2.60. The fourth-order valence-corrected chi connectivity index (χ4v) is 6.12. The van der Waals surface area contributed by atoms with Gasteiger partial charge in [0, 0.05) is 33.7 Å². The summed E-state index contributed by atoms with van der Waals surface area (Å²) >= 11 is 1.44. The van der Waals surface area contributed by atoms with Crippen molar-refractivity contribution in [2.45, 2.75) is 57.5 Å². The highest BCUT2D eigenvalue weighted by molar-refractivity contribution is 7.10. The number of benzene rings is 2. The SMILES string of the molecule is CCOC(=O)c1cccc(N(C(=O)Cc2c[nH]c3ccccc23)[C@H](C(=O)NC2CCCCC2)c2cccs2)c1. The molecule has 0 bridgehead atoms. The van der Waals surface area contributed by atoms with Crippen molar-refractivity contribution < 1.29 is 19.1 Å². The lowest BCUT2D eigenvalue weighted by Crippen LogP contribution is -2.47. The minimum Gasteiger partial charge on any atom is -0.462 e. The second kappa shape index (κ2) is 12.3. The van der Waals surface area contributed by atoms with Crippen molar-refractivity contribution in [1.82, 2.24) is 10.3 Å². The molecule has 7 nitrogen and oxygen atoms in total. The number of esters is 1. The first-order chi connectivity index (χ1) is 19.0. The van der Waals surface area contributed by atoms with Gasteiger partial charge in [0.25, 0.3) is 0 Å². The van der Waals surface area contributed by atoms with Crippen molar-refractivity contribution in [1.29, 1.82) is 0 Å². The van der Waals surface area contributed by atoms with Crippen molar-refractivity contribution in [2.75, 3.05) is 11.5 Å². The van der Waals surface area contributed by atoms with Crippen LogP contribution in [-0.4, -0.2) is 35.4 Å². The first-order valence-electron chi connectivity index (χ1n) is 13.5. The van der Waals surface area contributed by atoms with Gasteiger partial charge >= 0.3 is 5.97 Å². The Kier molecular flexibility index (Phi) is 8.42. The molecule has 1 atom stereocenters. The van der Waals surface area contributed by atoms with Crippen LogP contribution in [0.1, 0.15) is 65.9 Å². The van der Waals surface area contributed by atoms with Gasteiger partial charge in [0.15, 0.2) is 0 Å². The summed E-state index contributed by atoms with van der Waals surface area (Å²) < 4.78 is 5.21. The van der Waals surface area contributed by atoms with E-state index in [2.05, 4.69) is 10.3 Å². The number of hydrogen-bond acceptors (Lipinski definition) is 5. The minimum atomic E-state index is -0.873. The summed E-state index contributed by atoms with van der Waals surface area (Å²) in [5, 5.41) is 6.11. The van der Waals surface area contributed by atoms with E-state index in [1.165, 1.54) is 17.8 Å². The number of carbonyl (C=O) groups is 3. The number of nitrogens with zero attached hydrogens (tertiary/aromatic N) is 1. The number of thiophene rings is 1. The van der Waals surface area contributed by atoms with Gasteiger partial charge in [-0.15, -0.1) is 11.3 Å². The number of para-hydroxylation sites is 1. The number of H-pyrrole nitrogens is 1. The fraction of sp³-hybridized carbons (Fsp3) is 0.323. The molecule has 202 valence electrons. The van der Waals surface area contributed by atoms with Crippen molar-refractivity contribution in [3.05, 3.63) is 88.2 Å². The summed E-state index contributed by atoms with van der Waals surface area (Å²) in [6.07, 6.45) is 7.15. The number of anilines is 1. The number of ether oxygens (including phenoxy) is 1. The first kappa shape index (κ1) is 26.7. The summed E-state index contributed by atoms with van der Waals surface area (Å²) in [5.74, 6) is -0.918. The number of aromatic amines is 1. The van der Waals surface area contributed by atoms with Crippen LogP contribution >= 0.6 is 11.3 Å². The molecule has 0 aliphatic heterocycles. The van der Waals surface area contributed by atoms with E-state index in [4.69, 9.17) is 4.74 Å². The summed E-state index contributed by atoms with van der Waals surface area (Å²) in [7, 11) is 0. The van der Waals surface area contributed by atoms with Gasteiger partial charge < -0.3 is 15.0 Å². The Hall–Kier alpha value is -3.91. The fourth-order valence-electron chi connectivity index (χ4n) is 5.31. The predicted octanol–water partition coefficient (Wildman–Crippen LogP) is 6.17. The highest BCUT2D eigenvalue weighted by Gasteiger charge is 2.35. The van der Waals surface area contributed by atoms with Crippen molar-refractivity contribution >= 4 is 45.7 Å². The number of hydrogen-bond donors (Lipinski definition) is 2. The van der Waals surface area contributed by atoms with Gasteiger partial charge in [-0.2, -0.15) is 0 Å². The summed E-state index contributed by atoms with van der Waals surface area (Å²) in [6.45, 7) is 2.00. The zero-order valence-electron chi connectivity index (χ0n) is 22.0. The van der Waals surface area contributed by atoms with E-state index in [0.717, 1.165) is 47.0 Å². The highest BCUT2D eigenvalue weighted by Crippen LogP contribution is 2.33. The Bertz CT molecular complexity index is 1440. The highest BCUT2D eigenvalue weighted by atomic mass is 32.1. The zero-order valence-corrected chi connectivity index (χ0v) is 22.8. The number of fused-ring (bicyclic) bond motifs is 1. The van der Waals surface area contributed by atoms with Crippen LogP contribution < -0.4 is 10.2 Å². The van der Waals surface area contributed by atoms with Crippen LogP contribution in [0.3, 0.4) is 0 Å². The maximum Gasteiger partial charge on any atom is 0.338 e. The largest absolute Gasteiger partial charge is 0.462 e. The molecule has 1 aliphatic carbocycles. The standard InChI is InChI=1S/C31H33N3O4S/c1-2-38-31(37)21-10-8-13-24(18-21)34(28(35)19-22-20-32-26-15-7-6-14-25(22)26)29(27-16-9-17-39-27)30(36)33-23-11-4-3-5-12-23/h6-10,13-18,20,23,29,32H,2-5,11-12,19H2,1H3,(H,33,36)/t29-/m0/s1. The van der Waals surface area contributed by atoms with E-state index in [9.17, 15) is 14.4 Å². The Balaban J connectivity index is 1.55. The van der Waals surface area contributed by atoms with Gasteiger partial charge in [-0.3, -0.25) is 14.5 Å². The molecule has 1 aliphatic rings. The smallest absolute Gasteiger partial charge is 0.338 e. The Morgan fingerprint density at radius 3 is 2.64 bits per heavy atom. The van der Waals surface area contributed by atoms with Crippen molar-refractivity contribution in [3.8, 4) is 0 Å². The molecule has 1 saturated carbocycles. The third kappa shape index (κ3) is 6.06. The molecule has 2 heterocycles. The second-order valence-electron chi connectivity index (χ2n) is 9.83. The molecule has 2 N–H and O–H groups in total. The van der Waals surface area contributed by atoms with E-state index in [1.807, 2.05) is 48.0 Å². The van der Waals surface area contributed by atoms with E-state index < -0.39 is 12.0 Å². The molecule has 5 rings (SSSR count). The van der Waals surface area contributed by atoms with Crippen LogP contribution in [0.4, 0.5) is 5.69 Å². The maximum absolute atomic E-state index is 14.2. The molecule has 0 saturated heterocycles. The first-order valence-corrected chi connectivity index (χ1v) is 14.4. The molecule has 2 aromatic heterocycles. The van der Waals surface area contributed by atoms with E-state index in [-0.39, 0.29) is 30.9 Å². The van der Waals surface area contributed by atoms with Crippen LogP contribution in [0.15, 0.2) is 72.2 Å². The third-order valence-electron chi connectivity index (χ3n) is 7.19. The van der Waals surface area contributed by atoms with E-state index in [1.54, 1.807) is 36.1 Å². The van der Waals surface area contributed by atoms with Crippen LogP contribution in [0.25, 0.3) is 10.9 Å².